The zero-order chi connectivity index (χ0) is 21.6. The first-order valence-corrected chi connectivity index (χ1v) is 9.68. The molecule has 0 radical (unpaired) electrons. The minimum atomic E-state index is -4.43. The monoisotopic (exact) mass is 501 g/mol. The highest BCUT2D eigenvalue weighted by atomic mass is 35.5. The Morgan fingerprint density at radius 2 is 1.79 bits per heavy atom. The molecule has 8 nitrogen and oxygen atoms in total. The Labute approximate surface area is 198 Å². The number of fused-ring (bicyclic) bond motifs is 1. The maximum Gasteiger partial charge on any atom is 0.416 e. The van der Waals surface area contributed by atoms with Crippen LogP contribution in [0.2, 0.25) is 0 Å². The fourth-order valence-electron chi connectivity index (χ4n) is 3.90. The third-order valence-electron chi connectivity index (χ3n) is 5.63. The van der Waals surface area contributed by atoms with Gasteiger partial charge in [-0.25, -0.2) is 15.0 Å². The second kappa shape index (κ2) is 9.16. The summed E-state index contributed by atoms with van der Waals surface area (Å²) >= 11 is 0. The predicted molar refractivity (Wildman–Crippen MR) is 121 cm³/mol. The Balaban J connectivity index is 0.00000153. The third kappa shape index (κ3) is 4.61. The van der Waals surface area contributed by atoms with Gasteiger partial charge < -0.3 is 15.0 Å². The molecule has 1 aliphatic heterocycles. The minimum Gasteiger partial charge on any atom is -0.382 e. The number of anilines is 1. The van der Waals surface area contributed by atoms with Crippen LogP contribution >= 0.6 is 24.8 Å². The number of aromatic nitrogens is 6. The van der Waals surface area contributed by atoms with E-state index in [0.29, 0.717) is 48.7 Å². The van der Waals surface area contributed by atoms with Crippen molar-refractivity contribution in [2.24, 2.45) is 0 Å². The SMILES string of the molecule is Cl.Cl.OC1(c2ncc(-c3cccc(C(F)(F)F)c3)[nH]2)CCN(c2ncnc3[nH]ncc23)CC1. The number of nitrogens with zero attached hydrogens (tertiary/aromatic N) is 5. The van der Waals surface area contributed by atoms with E-state index in [1.807, 2.05) is 4.90 Å². The van der Waals surface area contributed by atoms with Gasteiger partial charge in [0.05, 0.1) is 29.0 Å². The average Bonchev–Trinajstić information content (AvgIpc) is 3.44. The maximum atomic E-state index is 13.0. The van der Waals surface area contributed by atoms with Crippen LogP contribution in [0.5, 0.6) is 0 Å². The number of hydrogen-bond donors (Lipinski definition) is 3. The molecule has 0 saturated carbocycles. The summed E-state index contributed by atoms with van der Waals surface area (Å²) in [6.07, 6.45) is 0.918. The molecule has 1 aromatic carbocycles. The number of nitrogens with one attached hydrogen (secondary N) is 2. The lowest BCUT2D eigenvalue weighted by Crippen LogP contribution is -2.43. The van der Waals surface area contributed by atoms with Gasteiger partial charge in [0.25, 0.3) is 0 Å². The summed E-state index contributed by atoms with van der Waals surface area (Å²) in [7, 11) is 0. The molecule has 0 spiro atoms. The number of hydrogen-bond acceptors (Lipinski definition) is 6. The molecule has 1 fully saturated rings. The molecule has 176 valence electrons. The summed E-state index contributed by atoms with van der Waals surface area (Å²) in [6.45, 7) is 1.04. The molecular formula is C20H20Cl2F3N7O. The Kier molecular flexibility index (Phi) is 6.87. The van der Waals surface area contributed by atoms with E-state index < -0.39 is 17.3 Å². The maximum absolute atomic E-state index is 13.0. The van der Waals surface area contributed by atoms with Crippen LogP contribution in [0.3, 0.4) is 0 Å². The first kappa shape index (κ1) is 24.7. The van der Waals surface area contributed by atoms with Gasteiger partial charge in [-0.1, -0.05) is 12.1 Å². The van der Waals surface area contributed by atoms with Crippen molar-refractivity contribution < 1.29 is 18.3 Å². The standard InChI is InChI=1S/C20H18F3N7O.2ClH/c21-20(22,23)13-3-1-2-12(8-13)15-10-24-18(28-15)19(31)4-6-30(7-5-19)17-14-9-27-29-16(14)25-11-26-17;;/h1-3,8-11,31H,4-7H2,(H,24,28)(H,25,26,27,29);2*1H. The highest BCUT2D eigenvalue weighted by Gasteiger charge is 2.37. The van der Waals surface area contributed by atoms with E-state index in [4.69, 9.17) is 0 Å². The molecule has 3 N–H and O–H groups in total. The zero-order valence-corrected chi connectivity index (χ0v) is 18.6. The third-order valence-corrected chi connectivity index (χ3v) is 5.63. The molecule has 0 unspecified atom stereocenters. The van der Waals surface area contributed by atoms with Crippen molar-refractivity contribution in [3.8, 4) is 11.3 Å². The first-order chi connectivity index (χ1) is 14.8. The molecule has 0 amide bonds. The molecule has 4 aromatic rings. The van der Waals surface area contributed by atoms with Gasteiger partial charge in [-0.2, -0.15) is 18.3 Å². The average molecular weight is 502 g/mol. The van der Waals surface area contributed by atoms with Crippen molar-refractivity contribution in [2.75, 3.05) is 18.0 Å². The lowest BCUT2D eigenvalue weighted by Gasteiger charge is -2.37. The summed E-state index contributed by atoms with van der Waals surface area (Å²) in [6, 6.07) is 5.01. The van der Waals surface area contributed by atoms with Crippen molar-refractivity contribution in [3.05, 3.63) is 54.4 Å². The Hall–Kier alpha value is -2.89. The lowest BCUT2D eigenvalue weighted by atomic mass is 9.90. The molecule has 0 bridgehead atoms. The number of H-pyrrole nitrogens is 2. The van der Waals surface area contributed by atoms with Gasteiger partial charge in [-0.05, 0) is 12.1 Å². The topological polar surface area (TPSA) is 107 Å². The Morgan fingerprint density at radius 1 is 1.03 bits per heavy atom. The lowest BCUT2D eigenvalue weighted by molar-refractivity contribution is -0.137. The van der Waals surface area contributed by atoms with Gasteiger partial charge in [-0.15, -0.1) is 24.8 Å². The van der Waals surface area contributed by atoms with E-state index in [9.17, 15) is 18.3 Å². The first-order valence-electron chi connectivity index (χ1n) is 9.68. The van der Waals surface area contributed by atoms with E-state index in [1.54, 1.807) is 12.3 Å². The largest absolute Gasteiger partial charge is 0.416 e. The van der Waals surface area contributed by atoms with Gasteiger partial charge in [-0.3, -0.25) is 5.10 Å². The normalized spacial score (nSPS) is 15.7. The number of imidazole rings is 1. The van der Waals surface area contributed by atoms with Crippen molar-refractivity contribution in [1.29, 1.82) is 0 Å². The fourth-order valence-corrected chi connectivity index (χ4v) is 3.90. The molecule has 13 heteroatoms. The predicted octanol–water partition coefficient (Wildman–Crippen LogP) is 4.09. The summed E-state index contributed by atoms with van der Waals surface area (Å²) in [5.41, 5.74) is -0.518. The molecule has 1 aliphatic rings. The number of aromatic amines is 2. The van der Waals surface area contributed by atoms with Gasteiger partial charge in [0, 0.05) is 31.5 Å². The summed E-state index contributed by atoms with van der Waals surface area (Å²) < 4.78 is 39.0. The van der Waals surface area contributed by atoms with Gasteiger partial charge in [0.15, 0.2) is 5.65 Å². The number of aliphatic hydroxyl groups is 1. The van der Waals surface area contributed by atoms with Crippen molar-refractivity contribution >= 4 is 41.7 Å². The second-order valence-electron chi connectivity index (χ2n) is 7.57. The molecule has 5 rings (SSSR count). The van der Waals surface area contributed by atoms with Crippen LogP contribution in [-0.4, -0.2) is 48.3 Å². The van der Waals surface area contributed by atoms with E-state index in [0.717, 1.165) is 23.3 Å². The van der Waals surface area contributed by atoms with Crippen LogP contribution in [0, 0.1) is 0 Å². The fraction of sp³-hybridized carbons (Fsp3) is 0.300. The molecular weight excluding hydrogens is 482 g/mol. The minimum absolute atomic E-state index is 0. The van der Waals surface area contributed by atoms with Crippen molar-refractivity contribution in [1.82, 2.24) is 30.1 Å². The molecule has 1 saturated heterocycles. The van der Waals surface area contributed by atoms with E-state index in [2.05, 4.69) is 30.1 Å². The van der Waals surface area contributed by atoms with Crippen LogP contribution in [-0.2, 0) is 11.8 Å². The molecule has 33 heavy (non-hydrogen) atoms. The smallest absolute Gasteiger partial charge is 0.382 e. The van der Waals surface area contributed by atoms with Crippen LogP contribution < -0.4 is 4.90 Å². The highest BCUT2D eigenvalue weighted by Crippen LogP contribution is 2.36. The van der Waals surface area contributed by atoms with Gasteiger partial charge >= 0.3 is 6.18 Å². The number of rotatable bonds is 3. The molecule has 3 aromatic heterocycles. The van der Waals surface area contributed by atoms with Crippen LogP contribution in [0.4, 0.5) is 19.0 Å². The molecule has 4 heterocycles. The second-order valence-corrected chi connectivity index (χ2v) is 7.57. The van der Waals surface area contributed by atoms with Crippen LogP contribution in [0.1, 0.15) is 24.2 Å². The Morgan fingerprint density at radius 3 is 2.52 bits per heavy atom. The van der Waals surface area contributed by atoms with Gasteiger partial charge in [0.1, 0.15) is 23.6 Å². The van der Waals surface area contributed by atoms with Gasteiger partial charge in [0.2, 0.25) is 0 Å². The molecule has 0 atom stereocenters. The molecule has 0 aliphatic carbocycles. The summed E-state index contributed by atoms with van der Waals surface area (Å²) in [5, 5.41) is 18.8. The Bertz CT molecular complexity index is 1240. The number of halogens is 5. The number of piperidine rings is 1. The van der Waals surface area contributed by atoms with E-state index in [1.165, 1.54) is 18.6 Å². The summed E-state index contributed by atoms with van der Waals surface area (Å²) in [4.78, 5) is 17.8. The van der Waals surface area contributed by atoms with Crippen molar-refractivity contribution in [3.63, 3.8) is 0 Å². The number of benzene rings is 1. The highest BCUT2D eigenvalue weighted by molar-refractivity contribution is 5.86. The van der Waals surface area contributed by atoms with Crippen molar-refractivity contribution in [2.45, 2.75) is 24.6 Å². The van der Waals surface area contributed by atoms with Crippen LogP contribution in [0.25, 0.3) is 22.3 Å². The summed E-state index contributed by atoms with van der Waals surface area (Å²) in [5.74, 6) is 1.08. The van der Waals surface area contributed by atoms with E-state index >= 15 is 0 Å². The zero-order valence-electron chi connectivity index (χ0n) is 17.0. The number of alkyl halides is 3. The van der Waals surface area contributed by atoms with Crippen LogP contribution in [0.15, 0.2) is 43.0 Å². The quantitative estimate of drug-likeness (QED) is 0.390. The van der Waals surface area contributed by atoms with E-state index in [-0.39, 0.29) is 24.8 Å².